The predicted octanol–water partition coefficient (Wildman–Crippen LogP) is 2.15. The van der Waals surface area contributed by atoms with Crippen molar-refractivity contribution in [2.24, 2.45) is 0 Å². The molecule has 1 N–H and O–H groups in total. The molecule has 0 radical (unpaired) electrons. The Morgan fingerprint density at radius 1 is 1.35 bits per heavy atom. The number of nitrogens with zero attached hydrogens (tertiary/aromatic N) is 1. The van der Waals surface area contributed by atoms with Gasteiger partial charge in [0.25, 0.3) is 0 Å². The molecule has 1 unspecified atom stereocenters. The summed E-state index contributed by atoms with van der Waals surface area (Å²) in [4.78, 5) is 2.33. The highest BCUT2D eigenvalue weighted by Crippen LogP contribution is 2.14. The fourth-order valence-electron chi connectivity index (χ4n) is 2.27. The van der Waals surface area contributed by atoms with E-state index in [0.29, 0.717) is 12.6 Å². The van der Waals surface area contributed by atoms with Gasteiger partial charge >= 0.3 is 0 Å². The molecular formula is C13H18F2N2. The summed E-state index contributed by atoms with van der Waals surface area (Å²) in [5.41, 5.74) is 0.782. The van der Waals surface area contributed by atoms with Gasteiger partial charge in [-0.3, -0.25) is 0 Å². The van der Waals surface area contributed by atoms with Gasteiger partial charge in [-0.2, -0.15) is 0 Å². The van der Waals surface area contributed by atoms with Gasteiger partial charge in [-0.25, -0.2) is 8.78 Å². The second-order valence-electron chi connectivity index (χ2n) is 4.66. The van der Waals surface area contributed by atoms with E-state index in [4.69, 9.17) is 0 Å². The second-order valence-corrected chi connectivity index (χ2v) is 4.66. The largest absolute Gasteiger partial charge is 0.311 e. The molecule has 94 valence electrons. The molecule has 2 rings (SSSR count). The molecule has 1 atom stereocenters. The summed E-state index contributed by atoms with van der Waals surface area (Å²) in [7, 11) is 2.12. The molecule has 1 fully saturated rings. The summed E-state index contributed by atoms with van der Waals surface area (Å²) in [6.07, 6.45) is 2.45. The van der Waals surface area contributed by atoms with E-state index in [2.05, 4.69) is 17.3 Å². The van der Waals surface area contributed by atoms with Crippen molar-refractivity contribution < 1.29 is 8.78 Å². The lowest BCUT2D eigenvalue weighted by molar-refractivity contribution is 0.300. The van der Waals surface area contributed by atoms with Crippen LogP contribution in [0.2, 0.25) is 0 Å². The van der Waals surface area contributed by atoms with Crippen LogP contribution in [0.25, 0.3) is 0 Å². The van der Waals surface area contributed by atoms with Gasteiger partial charge in [0.1, 0.15) is 0 Å². The van der Waals surface area contributed by atoms with E-state index >= 15 is 0 Å². The van der Waals surface area contributed by atoms with E-state index in [1.165, 1.54) is 25.0 Å². The van der Waals surface area contributed by atoms with Crippen LogP contribution >= 0.6 is 0 Å². The van der Waals surface area contributed by atoms with Crippen molar-refractivity contribution in [3.05, 3.63) is 35.4 Å². The third kappa shape index (κ3) is 3.23. The quantitative estimate of drug-likeness (QED) is 0.867. The SMILES string of the molecule is CN1CCCC1CNCc1ccc(F)c(F)c1. The first-order chi connectivity index (χ1) is 8.16. The van der Waals surface area contributed by atoms with Crippen LogP contribution in [-0.2, 0) is 6.54 Å². The van der Waals surface area contributed by atoms with Crippen molar-refractivity contribution in [1.29, 1.82) is 0 Å². The molecule has 17 heavy (non-hydrogen) atoms. The topological polar surface area (TPSA) is 15.3 Å². The number of rotatable bonds is 4. The van der Waals surface area contributed by atoms with Gasteiger partial charge in [0, 0.05) is 19.1 Å². The van der Waals surface area contributed by atoms with Crippen LogP contribution in [0.1, 0.15) is 18.4 Å². The molecule has 0 aliphatic carbocycles. The van der Waals surface area contributed by atoms with Crippen LogP contribution in [0.4, 0.5) is 8.78 Å². The van der Waals surface area contributed by atoms with Crippen LogP contribution in [-0.4, -0.2) is 31.1 Å². The Balaban J connectivity index is 1.79. The molecule has 0 bridgehead atoms. The van der Waals surface area contributed by atoms with E-state index in [9.17, 15) is 8.78 Å². The Hall–Kier alpha value is -1.00. The Labute approximate surface area is 101 Å². The lowest BCUT2D eigenvalue weighted by Gasteiger charge is -2.19. The van der Waals surface area contributed by atoms with Gasteiger partial charge in [-0.15, -0.1) is 0 Å². The summed E-state index contributed by atoms with van der Waals surface area (Å²) in [6.45, 7) is 2.63. The molecule has 1 saturated heterocycles. The Morgan fingerprint density at radius 2 is 2.18 bits per heavy atom. The van der Waals surface area contributed by atoms with E-state index in [1.54, 1.807) is 6.07 Å². The molecule has 0 saturated carbocycles. The van der Waals surface area contributed by atoms with Crippen LogP contribution in [0.3, 0.4) is 0 Å². The van der Waals surface area contributed by atoms with Crippen LogP contribution in [0.5, 0.6) is 0 Å². The van der Waals surface area contributed by atoms with Crippen molar-refractivity contribution in [1.82, 2.24) is 10.2 Å². The highest BCUT2D eigenvalue weighted by atomic mass is 19.2. The molecule has 0 aromatic heterocycles. The van der Waals surface area contributed by atoms with Crippen LogP contribution < -0.4 is 5.32 Å². The Bertz CT molecular complexity index is 382. The van der Waals surface area contributed by atoms with Crippen LogP contribution in [0, 0.1) is 11.6 Å². The average Bonchev–Trinajstić information content (AvgIpc) is 2.70. The number of benzene rings is 1. The number of halogens is 2. The van der Waals surface area contributed by atoms with E-state index < -0.39 is 11.6 Å². The fraction of sp³-hybridized carbons (Fsp3) is 0.538. The maximum atomic E-state index is 13.0. The third-order valence-electron chi connectivity index (χ3n) is 3.36. The maximum absolute atomic E-state index is 13.0. The summed E-state index contributed by atoms with van der Waals surface area (Å²) in [5, 5.41) is 3.29. The van der Waals surface area contributed by atoms with E-state index in [0.717, 1.165) is 18.7 Å². The minimum Gasteiger partial charge on any atom is -0.311 e. The predicted molar refractivity (Wildman–Crippen MR) is 63.7 cm³/mol. The van der Waals surface area contributed by atoms with Crippen molar-refractivity contribution in [3.63, 3.8) is 0 Å². The number of likely N-dealkylation sites (tertiary alicyclic amines) is 1. The van der Waals surface area contributed by atoms with Crippen molar-refractivity contribution in [3.8, 4) is 0 Å². The highest BCUT2D eigenvalue weighted by molar-refractivity contribution is 5.17. The third-order valence-corrected chi connectivity index (χ3v) is 3.36. The normalized spacial score (nSPS) is 21.0. The van der Waals surface area contributed by atoms with Gasteiger partial charge in [-0.1, -0.05) is 6.07 Å². The molecule has 0 amide bonds. The number of likely N-dealkylation sites (N-methyl/N-ethyl adjacent to an activating group) is 1. The van der Waals surface area contributed by atoms with Gasteiger partial charge in [0.2, 0.25) is 0 Å². The average molecular weight is 240 g/mol. The zero-order valence-corrected chi connectivity index (χ0v) is 10.0. The molecule has 2 nitrogen and oxygen atoms in total. The minimum absolute atomic E-state index is 0.570. The fourth-order valence-corrected chi connectivity index (χ4v) is 2.27. The van der Waals surface area contributed by atoms with E-state index in [1.807, 2.05) is 0 Å². The molecule has 4 heteroatoms. The summed E-state index contributed by atoms with van der Waals surface area (Å²) in [6, 6.07) is 4.61. The van der Waals surface area contributed by atoms with E-state index in [-0.39, 0.29) is 0 Å². The molecular weight excluding hydrogens is 222 g/mol. The molecule has 1 aliphatic rings. The molecule has 1 aliphatic heterocycles. The lowest BCUT2D eigenvalue weighted by atomic mass is 10.2. The molecule has 1 aromatic rings. The van der Waals surface area contributed by atoms with Gasteiger partial charge in [-0.05, 0) is 44.1 Å². The summed E-state index contributed by atoms with van der Waals surface area (Å²) in [5.74, 6) is -1.56. The summed E-state index contributed by atoms with van der Waals surface area (Å²) >= 11 is 0. The van der Waals surface area contributed by atoms with Gasteiger partial charge in [0.05, 0.1) is 0 Å². The first kappa shape index (κ1) is 12.5. The lowest BCUT2D eigenvalue weighted by Crippen LogP contribution is -2.35. The maximum Gasteiger partial charge on any atom is 0.159 e. The number of hydrogen-bond donors (Lipinski definition) is 1. The molecule has 1 aromatic carbocycles. The molecule has 0 spiro atoms. The Kier molecular flexibility index (Phi) is 4.07. The van der Waals surface area contributed by atoms with Gasteiger partial charge < -0.3 is 10.2 Å². The number of hydrogen-bond acceptors (Lipinski definition) is 2. The zero-order valence-electron chi connectivity index (χ0n) is 10.0. The standard InChI is InChI=1S/C13H18F2N2/c1-17-6-2-3-11(17)9-16-8-10-4-5-12(14)13(15)7-10/h4-5,7,11,16H,2-3,6,8-9H2,1H3. The van der Waals surface area contributed by atoms with Crippen molar-refractivity contribution in [2.45, 2.75) is 25.4 Å². The van der Waals surface area contributed by atoms with Crippen molar-refractivity contribution in [2.75, 3.05) is 20.1 Å². The highest BCUT2D eigenvalue weighted by Gasteiger charge is 2.19. The van der Waals surface area contributed by atoms with Gasteiger partial charge in [0.15, 0.2) is 11.6 Å². The minimum atomic E-state index is -0.788. The molecule has 1 heterocycles. The number of nitrogens with one attached hydrogen (secondary N) is 1. The smallest absolute Gasteiger partial charge is 0.159 e. The van der Waals surface area contributed by atoms with Crippen LogP contribution in [0.15, 0.2) is 18.2 Å². The first-order valence-corrected chi connectivity index (χ1v) is 6.01. The van der Waals surface area contributed by atoms with Crippen molar-refractivity contribution >= 4 is 0 Å². The zero-order chi connectivity index (χ0) is 12.3. The summed E-state index contributed by atoms with van der Waals surface area (Å²) < 4.78 is 25.7. The second kappa shape index (κ2) is 5.56. The Morgan fingerprint density at radius 3 is 2.82 bits per heavy atom. The monoisotopic (exact) mass is 240 g/mol. The first-order valence-electron chi connectivity index (χ1n) is 6.01.